The third-order valence-electron chi connectivity index (χ3n) is 15.7. The molecule has 0 aromatic heterocycles. The highest BCUT2D eigenvalue weighted by Gasteiger charge is 2.68. The topological polar surface area (TPSA) is 110 Å². The van der Waals surface area contributed by atoms with Gasteiger partial charge in [-0.2, -0.15) is 0 Å². The molecule has 7 unspecified atom stereocenters. The van der Waals surface area contributed by atoms with Crippen molar-refractivity contribution < 1.29 is 30.3 Å². The van der Waals surface area contributed by atoms with Crippen molar-refractivity contribution in [3.63, 3.8) is 0 Å². The summed E-state index contributed by atoms with van der Waals surface area (Å²) in [6, 6.07) is 0. The highest BCUT2D eigenvalue weighted by molar-refractivity contribution is 5.34. The second-order valence-corrected chi connectivity index (χ2v) is 17.5. The predicted octanol–water partition coefficient (Wildman–Crippen LogP) is 5.24. The second kappa shape index (κ2) is 10.3. The zero-order valence-electron chi connectivity index (χ0n) is 27.4. The Kier molecular flexibility index (Phi) is 7.69. The first kappa shape index (κ1) is 31.5. The Balaban J connectivity index is 1.38. The van der Waals surface area contributed by atoms with Crippen LogP contribution in [0.3, 0.4) is 0 Å². The first-order valence-electron chi connectivity index (χ1n) is 17.3. The van der Waals surface area contributed by atoms with Crippen molar-refractivity contribution in [3.05, 3.63) is 11.6 Å². The molecule has 0 aromatic carbocycles. The van der Waals surface area contributed by atoms with E-state index in [0.717, 1.165) is 44.9 Å². The Morgan fingerprint density at radius 3 is 2.17 bits per heavy atom. The minimum atomic E-state index is -1.31. The van der Waals surface area contributed by atoms with Gasteiger partial charge in [0, 0.05) is 0 Å². The highest BCUT2D eigenvalue weighted by Crippen LogP contribution is 2.76. The molecule has 0 bridgehead atoms. The van der Waals surface area contributed by atoms with Gasteiger partial charge in [-0.05, 0) is 121 Å². The molecular weight excluding hydrogens is 528 g/mol. The van der Waals surface area contributed by atoms with E-state index in [4.69, 9.17) is 4.74 Å². The van der Waals surface area contributed by atoms with Crippen molar-refractivity contribution in [1.29, 1.82) is 0 Å². The maximum atomic E-state index is 11.1. The summed E-state index contributed by atoms with van der Waals surface area (Å²) < 4.78 is 6.16. The molecule has 6 aliphatic rings. The summed E-state index contributed by atoms with van der Waals surface area (Å²) in [6.45, 7) is 16.9. The normalized spacial score (nSPS) is 57.2. The molecule has 6 nitrogen and oxygen atoms in total. The third-order valence-corrected chi connectivity index (χ3v) is 15.7. The van der Waals surface area contributed by atoms with Crippen LogP contribution in [-0.4, -0.2) is 68.8 Å². The predicted molar refractivity (Wildman–Crippen MR) is 163 cm³/mol. The van der Waals surface area contributed by atoms with E-state index in [9.17, 15) is 25.5 Å². The van der Waals surface area contributed by atoms with Crippen LogP contribution in [0.15, 0.2) is 11.6 Å². The van der Waals surface area contributed by atoms with Crippen LogP contribution in [0, 0.1) is 56.7 Å². The number of aliphatic hydroxyl groups excluding tert-OH is 5. The molecule has 6 rings (SSSR count). The minimum absolute atomic E-state index is 0.0355. The number of fused-ring (bicyclic) bond motifs is 7. The van der Waals surface area contributed by atoms with Crippen molar-refractivity contribution in [2.24, 2.45) is 56.7 Å². The summed E-state index contributed by atoms with van der Waals surface area (Å²) in [4.78, 5) is 0. The van der Waals surface area contributed by atoms with Crippen LogP contribution in [0.5, 0.6) is 0 Å². The van der Waals surface area contributed by atoms with E-state index < -0.39 is 30.5 Å². The molecule has 5 fully saturated rings. The standard InChI is InChI=1S/C36H60O6/c1-20-10-15-36(18-23-29(39)31(41)30(40)24(19-37)42-23)17-16-34(6)22(28(36)21(20)2)8-9-26-33(5)13-12-27(38)32(3,4)25(33)11-14-35(26,34)7/h8,20-21,23-31,37-41H,9-19H2,1-7H3/t20-,21+,23+,24?,25?,26?,27?,28?,29?,30-,31?,33+,34-,35-,36-/m1/s1. The molecule has 0 radical (unpaired) electrons. The van der Waals surface area contributed by atoms with E-state index >= 15 is 0 Å². The summed E-state index contributed by atoms with van der Waals surface area (Å²) in [5.41, 5.74) is 2.06. The maximum absolute atomic E-state index is 11.1. The Bertz CT molecular complexity index is 1070. The van der Waals surface area contributed by atoms with E-state index in [1.165, 1.54) is 12.8 Å². The first-order chi connectivity index (χ1) is 19.6. The molecule has 1 heterocycles. The molecular formula is C36H60O6. The molecule has 240 valence electrons. The Morgan fingerprint density at radius 2 is 1.48 bits per heavy atom. The van der Waals surface area contributed by atoms with Crippen molar-refractivity contribution in [3.8, 4) is 0 Å². The Morgan fingerprint density at radius 1 is 0.786 bits per heavy atom. The minimum Gasteiger partial charge on any atom is -0.394 e. The smallest absolute Gasteiger partial charge is 0.111 e. The van der Waals surface area contributed by atoms with Crippen LogP contribution in [0.1, 0.15) is 113 Å². The van der Waals surface area contributed by atoms with Crippen LogP contribution in [0.4, 0.5) is 0 Å². The van der Waals surface area contributed by atoms with Crippen molar-refractivity contribution in [2.75, 3.05) is 6.61 Å². The van der Waals surface area contributed by atoms with E-state index in [-0.39, 0.29) is 39.8 Å². The summed E-state index contributed by atoms with van der Waals surface area (Å²) in [5, 5.41) is 53.1. The van der Waals surface area contributed by atoms with Crippen LogP contribution in [-0.2, 0) is 4.74 Å². The lowest BCUT2D eigenvalue weighted by Gasteiger charge is -2.72. The van der Waals surface area contributed by atoms with Gasteiger partial charge in [-0.25, -0.2) is 0 Å². The van der Waals surface area contributed by atoms with Gasteiger partial charge in [0.2, 0.25) is 0 Å². The Labute approximate surface area is 254 Å². The van der Waals surface area contributed by atoms with Crippen LogP contribution in [0.25, 0.3) is 0 Å². The zero-order valence-corrected chi connectivity index (χ0v) is 27.4. The zero-order chi connectivity index (χ0) is 30.6. The monoisotopic (exact) mass is 588 g/mol. The number of rotatable bonds is 3. The highest BCUT2D eigenvalue weighted by atomic mass is 16.5. The SMILES string of the molecule is C[C@@H]1CC[C@]2(C[C@@H]3OC(CO)[C@@H](O)C(O)C3O)CC[C@]3(C)C(=CCC4[C@@]5(C)CCC(O)C(C)(C)C5CC[C@]43C)C2[C@H]1C. The third kappa shape index (κ3) is 4.10. The quantitative estimate of drug-likeness (QED) is 0.289. The molecule has 5 N–H and O–H groups in total. The molecule has 1 aliphatic heterocycles. The van der Waals surface area contributed by atoms with E-state index in [1.807, 2.05) is 0 Å². The van der Waals surface area contributed by atoms with E-state index in [1.54, 1.807) is 5.57 Å². The summed E-state index contributed by atoms with van der Waals surface area (Å²) >= 11 is 0. The van der Waals surface area contributed by atoms with Gasteiger partial charge in [0.25, 0.3) is 0 Å². The number of hydrogen-bond acceptors (Lipinski definition) is 6. The average Bonchev–Trinajstić information content (AvgIpc) is 2.94. The lowest BCUT2D eigenvalue weighted by Crippen LogP contribution is -2.65. The molecule has 0 aromatic rings. The van der Waals surface area contributed by atoms with Gasteiger partial charge in [-0.1, -0.05) is 60.1 Å². The summed E-state index contributed by atoms with van der Waals surface area (Å²) in [6.07, 6.45) is 7.79. The molecule has 42 heavy (non-hydrogen) atoms. The van der Waals surface area contributed by atoms with Crippen molar-refractivity contribution in [2.45, 2.75) is 149 Å². The fourth-order valence-corrected chi connectivity index (χ4v) is 12.7. The van der Waals surface area contributed by atoms with Crippen molar-refractivity contribution >= 4 is 0 Å². The molecule has 1 saturated heterocycles. The molecule has 4 saturated carbocycles. The van der Waals surface area contributed by atoms with Gasteiger partial charge in [0.1, 0.15) is 24.4 Å². The molecule has 15 atom stereocenters. The number of allylic oxidation sites excluding steroid dienone is 2. The van der Waals surface area contributed by atoms with Crippen LogP contribution >= 0.6 is 0 Å². The van der Waals surface area contributed by atoms with Gasteiger partial charge in [-0.3, -0.25) is 0 Å². The molecule has 0 spiro atoms. The fourth-order valence-electron chi connectivity index (χ4n) is 12.7. The summed E-state index contributed by atoms with van der Waals surface area (Å²) in [7, 11) is 0. The van der Waals surface area contributed by atoms with Gasteiger partial charge >= 0.3 is 0 Å². The molecule has 5 aliphatic carbocycles. The molecule has 0 amide bonds. The van der Waals surface area contributed by atoms with Gasteiger partial charge in [0.15, 0.2) is 0 Å². The second-order valence-electron chi connectivity index (χ2n) is 17.5. The van der Waals surface area contributed by atoms with Gasteiger partial charge in [-0.15, -0.1) is 0 Å². The lowest BCUT2D eigenvalue weighted by molar-refractivity contribution is -0.243. The summed E-state index contributed by atoms with van der Waals surface area (Å²) in [5.74, 6) is 2.64. The average molecular weight is 589 g/mol. The largest absolute Gasteiger partial charge is 0.394 e. The maximum Gasteiger partial charge on any atom is 0.111 e. The van der Waals surface area contributed by atoms with Crippen molar-refractivity contribution in [1.82, 2.24) is 0 Å². The number of ether oxygens (including phenoxy) is 1. The number of hydrogen-bond donors (Lipinski definition) is 5. The van der Waals surface area contributed by atoms with Crippen LogP contribution in [0.2, 0.25) is 0 Å². The fraction of sp³-hybridized carbons (Fsp3) is 0.944. The van der Waals surface area contributed by atoms with Crippen LogP contribution < -0.4 is 0 Å². The van der Waals surface area contributed by atoms with E-state index in [0.29, 0.717) is 36.0 Å². The van der Waals surface area contributed by atoms with Gasteiger partial charge in [0.05, 0.1) is 18.8 Å². The lowest BCUT2D eigenvalue weighted by atomic mass is 9.33. The molecule has 6 heteroatoms. The number of aliphatic hydroxyl groups is 5. The van der Waals surface area contributed by atoms with E-state index in [2.05, 4.69) is 54.5 Å². The first-order valence-corrected chi connectivity index (χ1v) is 17.3. The Hall–Kier alpha value is -0.500. The van der Waals surface area contributed by atoms with Gasteiger partial charge < -0.3 is 30.3 Å².